The zero-order valence-electron chi connectivity index (χ0n) is 24.9. The maximum Gasteiger partial charge on any atom is 0.433 e. The van der Waals surface area contributed by atoms with Gasteiger partial charge in [-0.05, 0) is 77.3 Å². The maximum atomic E-state index is 12.8. The minimum Gasteiger partial charge on any atom is -0.253 e. The van der Waals surface area contributed by atoms with Gasteiger partial charge in [0.1, 0.15) is 27.6 Å². The molecule has 47 heavy (non-hydrogen) atoms. The summed E-state index contributed by atoms with van der Waals surface area (Å²) >= 11 is 3.07. The Kier molecular flexibility index (Phi) is 13.5. The van der Waals surface area contributed by atoms with Crippen LogP contribution in [0.4, 0.5) is 40.9 Å². The van der Waals surface area contributed by atoms with Crippen LogP contribution in [0.2, 0.25) is 0 Å². The summed E-state index contributed by atoms with van der Waals surface area (Å²) in [5.74, 6) is -0.773. The fourth-order valence-corrected chi connectivity index (χ4v) is 5.36. The van der Waals surface area contributed by atoms with Gasteiger partial charge in [0.2, 0.25) is 0 Å². The van der Waals surface area contributed by atoms with Crippen LogP contribution in [-0.4, -0.2) is 40.9 Å². The van der Waals surface area contributed by atoms with Crippen LogP contribution in [0, 0.1) is 16.4 Å². The molecule has 0 aliphatic heterocycles. The number of pyridine rings is 4. The average Bonchev–Trinajstić information content (AvgIpc) is 2.98. The minimum atomic E-state index is -4.53. The molecule has 256 valence electrons. The van der Waals surface area contributed by atoms with Crippen molar-refractivity contribution in [1.29, 1.82) is 4.78 Å². The molecule has 0 amide bonds. The fourth-order valence-electron chi connectivity index (χ4n) is 3.18. The zero-order chi connectivity index (χ0) is 35.8. The van der Waals surface area contributed by atoms with Crippen LogP contribution in [0.5, 0.6) is 0 Å². The van der Waals surface area contributed by atoms with Gasteiger partial charge in [0.15, 0.2) is 5.82 Å². The molecule has 0 aromatic carbocycles. The SMILES string of the molecule is CC(c1ccc(C(F)(F)F)nc1)S(C)(=N)=O.CC(c1ccc(C(F)(F)F)nc1)S(C)(=O)=Nc1ccc(F)cn1.Fc1ccc(Br)nc1. The molecule has 0 aliphatic rings. The van der Waals surface area contributed by atoms with E-state index in [1.165, 1.54) is 43.7 Å². The Labute approximate surface area is 274 Å². The summed E-state index contributed by atoms with van der Waals surface area (Å²) in [7, 11) is -5.68. The van der Waals surface area contributed by atoms with Gasteiger partial charge in [-0.15, -0.1) is 0 Å². The van der Waals surface area contributed by atoms with E-state index in [-0.39, 0.29) is 11.6 Å². The van der Waals surface area contributed by atoms with Crippen LogP contribution in [0.15, 0.2) is 82.3 Å². The highest BCUT2D eigenvalue weighted by molar-refractivity contribution is 9.10. The Hall–Kier alpha value is -3.58. The van der Waals surface area contributed by atoms with E-state index in [1.54, 1.807) is 13.0 Å². The third-order valence-electron chi connectivity index (χ3n) is 6.10. The van der Waals surface area contributed by atoms with Gasteiger partial charge in [-0.3, -0.25) is 14.7 Å². The van der Waals surface area contributed by atoms with E-state index in [4.69, 9.17) is 4.78 Å². The third kappa shape index (κ3) is 12.9. The molecule has 1 N–H and O–H groups in total. The molecule has 4 unspecified atom stereocenters. The van der Waals surface area contributed by atoms with E-state index < -0.39 is 59.5 Å². The first-order chi connectivity index (χ1) is 21.5. The predicted molar refractivity (Wildman–Crippen MR) is 164 cm³/mol. The van der Waals surface area contributed by atoms with Crippen molar-refractivity contribution in [2.75, 3.05) is 12.5 Å². The second kappa shape index (κ2) is 16.0. The number of rotatable bonds is 5. The average molecular weight is 776 g/mol. The van der Waals surface area contributed by atoms with Crippen LogP contribution >= 0.6 is 15.9 Å². The summed E-state index contributed by atoms with van der Waals surface area (Å²) < 4.78 is 135. The monoisotopic (exact) mass is 774 g/mol. The minimum absolute atomic E-state index is 0.0885. The number of halogens is 9. The van der Waals surface area contributed by atoms with E-state index in [0.717, 1.165) is 43.0 Å². The molecule has 0 spiro atoms. The van der Waals surface area contributed by atoms with Crippen molar-refractivity contribution in [3.8, 4) is 0 Å². The molecule has 4 rings (SSSR count). The zero-order valence-corrected chi connectivity index (χ0v) is 28.1. The van der Waals surface area contributed by atoms with E-state index in [9.17, 15) is 43.5 Å². The summed E-state index contributed by atoms with van der Waals surface area (Å²) in [6, 6.07) is 9.39. The van der Waals surface area contributed by atoms with Gasteiger partial charge >= 0.3 is 12.4 Å². The third-order valence-corrected chi connectivity index (χ3v) is 10.3. The van der Waals surface area contributed by atoms with Gasteiger partial charge in [0, 0.05) is 34.6 Å². The van der Waals surface area contributed by atoms with Gasteiger partial charge < -0.3 is 0 Å². The molecule has 19 heteroatoms. The first-order valence-corrected chi connectivity index (χ1v) is 17.7. The molecule has 4 aromatic heterocycles. The lowest BCUT2D eigenvalue weighted by Gasteiger charge is -2.14. The normalized spacial score (nSPS) is 15.3. The van der Waals surface area contributed by atoms with Crippen molar-refractivity contribution in [1.82, 2.24) is 19.9 Å². The van der Waals surface area contributed by atoms with Crippen molar-refractivity contribution >= 4 is 41.2 Å². The number of nitrogens with zero attached hydrogens (tertiary/aromatic N) is 5. The number of hydrogen-bond acceptors (Lipinski definition) is 8. The summed E-state index contributed by atoms with van der Waals surface area (Å²) in [4.78, 5) is 13.9. The molecule has 0 radical (unpaired) electrons. The Balaban J connectivity index is 0.000000275. The topological polar surface area (TPSA) is 122 Å². The molecule has 8 nitrogen and oxygen atoms in total. The van der Waals surface area contributed by atoms with Gasteiger partial charge in [-0.2, -0.15) is 30.7 Å². The van der Waals surface area contributed by atoms with Gasteiger partial charge in [0.25, 0.3) is 0 Å². The largest absolute Gasteiger partial charge is 0.433 e. The number of hydrogen-bond donors (Lipinski definition) is 1. The molecule has 0 aliphatic carbocycles. The Bertz CT molecular complexity index is 1810. The molecule has 0 fully saturated rings. The van der Waals surface area contributed by atoms with E-state index >= 15 is 0 Å². The molecule has 4 atom stereocenters. The highest BCUT2D eigenvalue weighted by Gasteiger charge is 2.33. The molecule has 0 saturated heterocycles. The molecular formula is C28H27BrF8N6O2S2. The van der Waals surface area contributed by atoms with E-state index in [2.05, 4.69) is 40.2 Å². The molecular weight excluding hydrogens is 748 g/mol. The quantitative estimate of drug-likeness (QED) is 0.160. The van der Waals surface area contributed by atoms with Gasteiger partial charge in [-0.1, -0.05) is 12.1 Å². The lowest BCUT2D eigenvalue weighted by molar-refractivity contribution is -0.142. The van der Waals surface area contributed by atoms with Crippen LogP contribution in [0.3, 0.4) is 0 Å². The highest BCUT2D eigenvalue weighted by Crippen LogP contribution is 2.31. The molecule has 4 aromatic rings. The van der Waals surface area contributed by atoms with Gasteiger partial charge in [-0.25, -0.2) is 27.2 Å². The van der Waals surface area contributed by atoms with Crippen molar-refractivity contribution in [2.45, 2.75) is 36.7 Å². The lowest BCUT2D eigenvalue weighted by atomic mass is 10.2. The van der Waals surface area contributed by atoms with E-state index in [0.29, 0.717) is 15.7 Å². The van der Waals surface area contributed by atoms with Crippen LogP contribution < -0.4 is 0 Å². The lowest BCUT2D eigenvalue weighted by Crippen LogP contribution is -2.11. The molecule has 0 bridgehead atoms. The van der Waals surface area contributed by atoms with Crippen LogP contribution in [-0.2, 0) is 31.8 Å². The summed E-state index contributed by atoms with van der Waals surface area (Å²) in [5, 5.41) is -1.31. The molecule has 0 saturated carbocycles. The second-order valence-corrected chi connectivity index (χ2v) is 15.7. The first-order valence-electron chi connectivity index (χ1n) is 12.9. The second-order valence-electron chi connectivity index (χ2n) is 9.72. The summed E-state index contributed by atoms with van der Waals surface area (Å²) in [6.07, 6.45) is -2.25. The van der Waals surface area contributed by atoms with Gasteiger partial charge in [0.05, 0.1) is 32.6 Å². The van der Waals surface area contributed by atoms with Crippen molar-refractivity contribution < 1.29 is 43.5 Å². The molecule has 4 heterocycles. The Morgan fingerprint density at radius 2 is 1.13 bits per heavy atom. The van der Waals surface area contributed by atoms with E-state index in [1.807, 2.05) is 0 Å². The predicted octanol–water partition coefficient (Wildman–Crippen LogP) is 8.95. The first kappa shape index (κ1) is 39.6. The van der Waals surface area contributed by atoms with Crippen molar-refractivity contribution in [3.63, 3.8) is 0 Å². The Morgan fingerprint density at radius 3 is 1.45 bits per heavy atom. The van der Waals surface area contributed by atoms with Crippen LogP contribution in [0.1, 0.15) is 46.9 Å². The standard InChI is InChI=1S/C14H13F4N3OS.C9H11F3N2OS.C5H3BrFN/c1-9(10-3-5-12(19-7-10)14(16,17)18)23(2,22)21-13-6-4-11(15)8-20-13;1-6(16(2,13)15)7-3-4-8(14-5-7)9(10,11)12;6-5-2-1-4(7)3-8-5/h3-9H,1-2H3;3-6,13H,1-2H3;1-3H. The number of nitrogens with one attached hydrogen (secondary N) is 1. The van der Waals surface area contributed by atoms with Crippen molar-refractivity contribution in [3.05, 3.63) is 112 Å². The highest BCUT2D eigenvalue weighted by atomic mass is 79.9. The van der Waals surface area contributed by atoms with Crippen molar-refractivity contribution in [2.24, 2.45) is 4.36 Å². The summed E-state index contributed by atoms with van der Waals surface area (Å²) in [6.45, 7) is 3.10. The smallest absolute Gasteiger partial charge is 0.253 e. The fraction of sp³-hybridized carbons (Fsp3) is 0.286. The number of aromatic nitrogens is 4. The van der Waals surface area contributed by atoms with Crippen LogP contribution in [0.25, 0.3) is 0 Å². The Morgan fingerprint density at radius 1 is 0.681 bits per heavy atom. The summed E-state index contributed by atoms with van der Waals surface area (Å²) in [5.41, 5.74) is -1.28. The number of alkyl halides is 6. The maximum absolute atomic E-state index is 12.8.